The molecule has 8 heteroatoms. The average molecular weight is 435 g/mol. The van der Waals surface area contributed by atoms with Crippen molar-refractivity contribution in [2.45, 2.75) is 25.8 Å². The number of hydrogen-bond acceptors (Lipinski definition) is 6. The van der Waals surface area contributed by atoms with Crippen molar-refractivity contribution in [3.05, 3.63) is 38.6 Å². The first-order valence-electron chi connectivity index (χ1n) is 8.67. The molecule has 4 rings (SSSR count). The summed E-state index contributed by atoms with van der Waals surface area (Å²) in [6.07, 6.45) is 2.20. The van der Waals surface area contributed by atoms with Crippen molar-refractivity contribution < 1.29 is 9.59 Å². The minimum atomic E-state index is 0.00668. The van der Waals surface area contributed by atoms with Crippen molar-refractivity contribution in [3.8, 4) is 0 Å². The minimum absolute atomic E-state index is 0.00668. The number of ketones is 1. The van der Waals surface area contributed by atoms with Gasteiger partial charge in [0.05, 0.1) is 9.75 Å². The van der Waals surface area contributed by atoms with E-state index in [9.17, 15) is 9.59 Å². The highest BCUT2D eigenvalue weighted by Crippen LogP contribution is 2.40. The smallest absolute Gasteiger partial charge is 0.263 e. The maximum absolute atomic E-state index is 12.8. The molecule has 1 N–H and O–H groups in total. The van der Waals surface area contributed by atoms with Crippen LogP contribution in [-0.2, 0) is 0 Å². The van der Waals surface area contributed by atoms with Gasteiger partial charge in [0.25, 0.3) is 5.91 Å². The van der Waals surface area contributed by atoms with Gasteiger partial charge in [0.1, 0.15) is 10.4 Å². The van der Waals surface area contributed by atoms with Gasteiger partial charge in [-0.15, -0.1) is 21.5 Å². The number of thiophene rings is 1. The molecule has 3 atom stereocenters. The zero-order chi connectivity index (χ0) is 18.3. The van der Waals surface area contributed by atoms with Gasteiger partial charge in [0, 0.05) is 25.0 Å². The van der Waals surface area contributed by atoms with E-state index >= 15 is 0 Å². The highest BCUT2D eigenvalue weighted by atomic mass is 79.9. The van der Waals surface area contributed by atoms with Crippen LogP contribution in [0.25, 0.3) is 0 Å². The fraction of sp³-hybridized carbons (Fsp3) is 0.444. The van der Waals surface area contributed by atoms with Crippen LogP contribution in [0.2, 0.25) is 0 Å². The minimum Gasteiger partial charge on any atom is -0.365 e. The zero-order valence-electron chi connectivity index (χ0n) is 14.3. The SMILES string of the molecule is CC(=O)c1ccc(C(=O)N2C[C@@H]3CC[C@@H](Nc4ccc(Br)nn4)[C@@H]3C2)s1. The molecule has 0 unspecified atom stereocenters. The molecule has 0 bridgehead atoms. The second-order valence-corrected chi connectivity index (χ2v) is 8.82. The first-order chi connectivity index (χ1) is 12.5. The third-order valence-corrected chi connectivity index (χ3v) is 6.87. The molecule has 0 radical (unpaired) electrons. The third kappa shape index (κ3) is 3.40. The number of anilines is 1. The van der Waals surface area contributed by atoms with Crippen molar-refractivity contribution >= 4 is 44.8 Å². The number of hydrogen-bond donors (Lipinski definition) is 1. The van der Waals surface area contributed by atoms with Crippen LogP contribution in [-0.4, -0.2) is 45.9 Å². The fourth-order valence-corrected chi connectivity index (χ4v) is 5.07. The topological polar surface area (TPSA) is 75.2 Å². The molecule has 2 aromatic heterocycles. The molecule has 2 aromatic rings. The lowest BCUT2D eigenvalue weighted by molar-refractivity contribution is 0.0784. The predicted octanol–water partition coefficient (Wildman–Crippen LogP) is 3.47. The molecule has 0 spiro atoms. The molecular weight excluding hydrogens is 416 g/mol. The van der Waals surface area contributed by atoms with E-state index in [1.54, 1.807) is 12.1 Å². The number of carbonyl (C=O) groups excluding carboxylic acids is 2. The molecule has 1 saturated heterocycles. The Kier molecular flexibility index (Phi) is 4.79. The quantitative estimate of drug-likeness (QED) is 0.745. The van der Waals surface area contributed by atoms with Gasteiger partial charge >= 0.3 is 0 Å². The van der Waals surface area contributed by atoms with Crippen LogP contribution in [0.15, 0.2) is 28.9 Å². The average Bonchev–Trinajstić information content (AvgIpc) is 3.33. The van der Waals surface area contributed by atoms with Crippen LogP contribution < -0.4 is 5.32 Å². The van der Waals surface area contributed by atoms with Crippen molar-refractivity contribution in [3.63, 3.8) is 0 Å². The molecule has 26 heavy (non-hydrogen) atoms. The maximum atomic E-state index is 12.8. The Balaban J connectivity index is 1.42. The molecule has 1 aliphatic heterocycles. The van der Waals surface area contributed by atoms with E-state index in [-0.39, 0.29) is 11.7 Å². The summed E-state index contributed by atoms with van der Waals surface area (Å²) in [6, 6.07) is 7.61. The van der Waals surface area contributed by atoms with Gasteiger partial charge in [-0.1, -0.05) is 0 Å². The molecular formula is C18H19BrN4O2S. The van der Waals surface area contributed by atoms with E-state index in [2.05, 4.69) is 31.4 Å². The van der Waals surface area contributed by atoms with Crippen LogP contribution in [0.4, 0.5) is 5.82 Å². The summed E-state index contributed by atoms with van der Waals surface area (Å²) in [6.45, 7) is 3.07. The van der Waals surface area contributed by atoms with E-state index in [1.165, 1.54) is 18.3 Å². The van der Waals surface area contributed by atoms with Gasteiger partial charge in [-0.25, -0.2) is 0 Å². The number of likely N-dealkylation sites (tertiary alicyclic amines) is 1. The molecule has 1 aliphatic carbocycles. The van der Waals surface area contributed by atoms with Gasteiger partial charge < -0.3 is 10.2 Å². The van der Waals surface area contributed by atoms with Crippen molar-refractivity contribution in [2.24, 2.45) is 11.8 Å². The Morgan fingerprint density at radius 1 is 1.15 bits per heavy atom. The number of aromatic nitrogens is 2. The standard InChI is InChI=1S/C18H19BrN4O2S/c1-10(24)14-4-5-15(26-14)18(25)23-8-11-2-3-13(12(11)9-23)20-17-7-6-16(19)21-22-17/h4-7,11-13H,2-3,8-9H2,1H3,(H,20,22)/t11-,12+,13+/m0/s1. The Bertz CT molecular complexity index is 838. The highest BCUT2D eigenvalue weighted by Gasteiger charge is 2.44. The Hall–Kier alpha value is -1.80. The largest absolute Gasteiger partial charge is 0.365 e. The highest BCUT2D eigenvalue weighted by molar-refractivity contribution is 9.10. The maximum Gasteiger partial charge on any atom is 0.263 e. The Morgan fingerprint density at radius 2 is 1.96 bits per heavy atom. The van der Waals surface area contributed by atoms with E-state index in [0.717, 1.165) is 31.7 Å². The number of carbonyl (C=O) groups is 2. The van der Waals surface area contributed by atoms with Gasteiger partial charge in [-0.3, -0.25) is 9.59 Å². The lowest BCUT2D eigenvalue weighted by Crippen LogP contribution is -2.33. The monoisotopic (exact) mass is 434 g/mol. The van der Waals surface area contributed by atoms with Crippen LogP contribution >= 0.6 is 27.3 Å². The molecule has 6 nitrogen and oxygen atoms in total. The van der Waals surface area contributed by atoms with Crippen LogP contribution in [0, 0.1) is 11.8 Å². The second kappa shape index (κ2) is 7.08. The number of halogens is 1. The van der Waals surface area contributed by atoms with E-state index < -0.39 is 0 Å². The Morgan fingerprint density at radius 3 is 2.65 bits per heavy atom. The number of nitrogens with one attached hydrogen (secondary N) is 1. The summed E-state index contributed by atoms with van der Waals surface area (Å²) in [7, 11) is 0. The first kappa shape index (κ1) is 17.6. The van der Waals surface area contributed by atoms with Gasteiger partial charge in [-0.2, -0.15) is 0 Å². The summed E-state index contributed by atoms with van der Waals surface area (Å²) in [4.78, 5) is 27.5. The summed E-state index contributed by atoms with van der Waals surface area (Å²) >= 11 is 4.58. The molecule has 136 valence electrons. The van der Waals surface area contributed by atoms with Crippen LogP contribution in [0.3, 0.4) is 0 Å². The van der Waals surface area contributed by atoms with Gasteiger partial charge in [0.15, 0.2) is 5.78 Å². The molecule has 2 aliphatic rings. The first-order valence-corrected chi connectivity index (χ1v) is 10.3. The van der Waals surface area contributed by atoms with E-state index in [0.29, 0.717) is 32.2 Å². The zero-order valence-corrected chi connectivity index (χ0v) is 16.7. The summed E-state index contributed by atoms with van der Waals surface area (Å²) in [5, 5.41) is 11.7. The summed E-state index contributed by atoms with van der Waals surface area (Å²) < 4.78 is 0.714. The van der Waals surface area contributed by atoms with E-state index in [4.69, 9.17) is 0 Å². The van der Waals surface area contributed by atoms with E-state index in [1.807, 2.05) is 17.0 Å². The lowest BCUT2D eigenvalue weighted by atomic mass is 9.98. The summed E-state index contributed by atoms with van der Waals surface area (Å²) in [5.41, 5.74) is 0. The van der Waals surface area contributed by atoms with Crippen LogP contribution in [0.1, 0.15) is 39.1 Å². The number of Topliss-reactive ketones (excluding diaryl/α,β-unsaturated/α-hetero) is 1. The molecule has 1 saturated carbocycles. The second-order valence-electron chi connectivity index (χ2n) is 6.92. The third-order valence-electron chi connectivity index (χ3n) is 5.27. The van der Waals surface area contributed by atoms with Crippen molar-refractivity contribution in [1.82, 2.24) is 15.1 Å². The number of amides is 1. The molecule has 1 amide bonds. The Labute approximate surface area is 164 Å². The molecule has 3 heterocycles. The number of nitrogens with zero attached hydrogens (tertiary/aromatic N) is 3. The lowest BCUT2D eigenvalue weighted by Gasteiger charge is -2.21. The normalized spacial score (nSPS) is 24.5. The van der Waals surface area contributed by atoms with Crippen LogP contribution in [0.5, 0.6) is 0 Å². The van der Waals surface area contributed by atoms with Crippen molar-refractivity contribution in [2.75, 3.05) is 18.4 Å². The summed E-state index contributed by atoms with van der Waals surface area (Å²) in [5.74, 6) is 1.77. The number of fused-ring (bicyclic) bond motifs is 1. The predicted molar refractivity (Wildman–Crippen MR) is 104 cm³/mol. The van der Waals surface area contributed by atoms with Crippen molar-refractivity contribution in [1.29, 1.82) is 0 Å². The fourth-order valence-electron chi connectivity index (χ4n) is 3.99. The molecule has 0 aromatic carbocycles. The number of rotatable bonds is 4. The molecule has 2 fully saturated rings. The van der Waals surface area contributed by atoms with Gasteiger partial charge in [-0.05, 0) is 65.9 Å². The van der Waals surface area contributed by atoms with Gasteiger partial charge in [0.2, 0.25) is 0 Å².